The van der Waals surface area contributed by atoms with Crippen LogP contribution in [0.5, 0.6) is 0 Å². The van der Waals surface area contributed by atoms with Gasteiger partial charge in [-0.05, 0) is 36.2 Å². The number of hydrogen-bond acceptors (Lipinski definition) is 6. The minimum Gasteiger partial charge on any atom is -0.385 e. The SMILES string of the molecule is CCNc1cc(F)cc2c1Cc1ncc(-c3cnc(C(N)=O)nc3)c(-n3ccc(C(F)(F)F)n3)c1-2. The van der Waals surface area contributed by atoms with Crippen molar-refractivity contribution in [2.45, 2.75) is 19.5 Å². The van der Waals surface area contributed by atoms with Crippen molar-refractivity contribution in [2.75, 3.05) is 11.9 Å². The van der Waals surface area contributed by atoms with Gasteiger partial charge >= 0.3 is 6.18 Å². The first-order valence-corrected chi connectivity index (χ1v) is 10.5. The number of alkyl halides is 3. The van der Waals surface area contributed by atoms with Crippen LogP contribution in [0.15, 0.2) is 43.0 Å². The summed E-state index contributed by atoms with van der Waals surface area (Å²) in [5.41, 5.74) is 7.96. The molecule has 1 aromatic carbocycles. The molecule has 0 aliphatic heterocycles. The predicted molar refractivity (Wildman–Crippen MR) is 118 cm³/mol. The van der Waals surface area contributed by atoms with Crippen LogP contribution in [0.25, 0.3) is 27.9 Å². The molecule has 0 bridgehead atoms. The van der Waals surface area contributed by atoms with E-state index in [9.17, 15) is 22.4 Å². The number of carbonyl (C=O) groups excluding carboxylic acids is 1. The number of amides is 1. The Morgan fingerprint density at radius 2 is 1.89 bits per heavy atom. The zero-order valence-corrected chi connectivity index (χ0v) is 18.2. The van der Waals surface area contributed by atoms with Crippen LogP contribution in [-0.2, 0) is 12.6 Å². The Hall–Kier alpha value is -4.35. The first-order valence-electron chi connectivity index (χ1n) is 10.5. The average molecular weight is 483 g/mol. The van der Waals surface area contributed by atoms with Crippen LogP contribution in [0.2, 0.25) is 0 Å². The first kappa shape index (κ1) is 22.4. The van der Waals surface area contributed by atoms with Gasteiger partial charge < -0.3 is 11.1 Å². The maximum Gasteiger partial charge on any atom is 0.435 e. The Balaban J connectivity index is 1.79. The summed E-state index contributed by atoms with van der Waals surface area (Å²) >= 11 is 0. The Morgan fingerprint density at radius 3 is 2.51 bits per heavy atom. The average Bonchev–Trinajstić information content (AvgIpc) is 3.44. The van der Waals surface area contributed by atoms with Gasteiger partial charge in [0.25, 0.3) is 5.91 Å². The number of nitrogens with two attached hydrogens (primary N) is 1. The van der Waals surface area contributed by atoms with Crippen LogP contribution < -0.4 is 11.1 Å². The molecule has 4 aromatic rings. The largest absolute Gasteiger partial charge is 0.435 e. The van der Waals surface area contributed by atoms with E-state index in [1.54, 1.807) is 0 Å². The summed E-state index contributed by atoms with van der Waals surface area (Å²) in [6.07, 6.45) is 0.991. The van der Waals surface area contributed by atoms with E-state index >= 15 is 0 Å². The number of primary amides is 1. The summed E-state index contributed by atoms with van der Waals surface area (Å²) in [5.74, 6) is -1.55. The van der Waals surface area contributed by atoms with Gasteiger partial charge in [0.05, 0.1) is 11.4 Å². The molecule has 35 heavy (non-hydrogen) atoms. The minimum atomic E-state index is -4.66. The van der Waals surface area contributed by atoms with Gasteiger partial charge in [0.1, 0.15) is 5.82 Å². The fourth-order valence-electron chi connectivity index (χ4n) is 4.17. The molecule has 0 radical (unpaired) electrons. The number of hydrogen-bond donors (Lipinski definition) is 2. The lowest BCUT2D eigenvalue weighted by molar-refractivity contribution is -0.141. The van der Waals surface area contributed by atoms with E-state index in [1.165, 1.54) is 36.9 Å². The van der Waals surface area contributed by atoms with Gasteiger partial charge in [-0.2, -0.15) is 18.3 Å². The van der Waals surface area contributed by atoms with Crippen LogP contribution in [0, 0.1) is 5.82 Å². The van der Waals surface area contributed by atoms with E-state index < -0.39 is 23.6 Å². The molecule has 1 aliphatic carbocycles. The Labute approximate surface area is 195 Å². The smallest absolute Gasteiger partial charge is 0.385 e. The summed E-state index contributed by atoms with van der Waals surface area (Å²) in [4.78, 5) is 23.7. The van der Waals surface area contributed by atoms with Gasteiger partial charge in [-0.25, -0.2) is 19.0 Å². The third kappa shape index (κ3) is 3.86. The Bertz CT molecular complexity index is 1460. The number of benzene rings is 1. The van der Waals surface area contributed by atoms with E-state index in [1.807, 2.05) is 6.92 Å². The van der Waals surface area contributed by atoms with Crippen molar-refractivity contribution < 1.29 is 22.4 Å². The Kier molecular flexibility index (Phi) is 5.23. The van der Waals surface area contributed by atoms with Gasteiger partial charge in [0.15, 0.2) is 5.69 Å². The normalized spacial score (nSPS) is 12.4. The van der Waals surface area contributed by atoms with Crippen molar-refractivity contribution in [3.63, 3.8) is 0 Å². The number of nitrogens with one attached hydrogen (secondary N) is 1. The third-order valence-electron chi connectivity index (χ3n) is 5.62. The highest BCUT2D eigenvalue weighted by Crippen LogP contribution is 2.46. The molecule has 0 fully saturated rings. The lowest BCUT2D eigenvalue weighted by Crippen LogP contribution is -2.15. The summed E-state index contributed by atoms with van der Waals surface area (Å²) in [6, 6.07) is 3.56. The van der Waals surface area contributed by atoms with Crippen LogP contribution in [-0.4, -0.2) is 37.2 Å². The van der Waals surface area contributed by atoms with Crippen molar-refractivity contribution in [2.24, 2.45) is 5.73 Å². The predicted octanol–water partition coefficient (Wildman–Crippen LogP) is 3.98. The maximum atomic E-state index is 14.6. The standard InChI is InChI=1S/C23H17F4N7O/c1-2-29-16-6-12(24)5-14-13(16)7-17-19(14)20(34-4-3-18(33-34)23(25,26)27)15(10-30-17)11-8-31-22(21(28)35)32-9-11/h3-6,8-10,29H,2,7H2,1H3,(H2,28,35). The highest BCUT2D eigenvalue weighted by Gasteiger charge is 2.35. The molecule has 0 atom stereocenters. The number of aromatic nitrogens is 5. The second-order valence-electron chi connectivity index (χ2n) is 7.83. The van der Waals surface area contributed by atoms with Gasteiger partial charge in [0.2, 0.25) is 5.82 Å². The lowest BCUT2D eigenvalue weighted by Gasteiger charge is -2.16. The van der Waals surface area contributed by atoms with Crippen molar-refractivity contribution in [3.05, 3.63) is 71.6 Å². The van der Waals surface area contributed by atoms with Crippen LogP contribution in [0.4, 0.5) is 23.2 Å². The van der Waals surface area contributed by atoms with E-state index in [4.69, 9.17) is 5.73 Å². The third-order valence-corrected chi connectivity index (χ3v) is 5.62. The summed E-state index contributed by atoms with van der Waals surface area (Å²) in [5, 5.41) is 6.88. The minimum absolute atomic E-state index is 0.217. The fourth-order valence-corrected chi connectivity index (χ4v) is 4.17. The van der Waals surface area contributed by atoms with Gasteiger partial charge in [-0.1, -0.05) is 0 Å². The highest BCUT2D eigenvalue weighted by atomic mass is 19.4. The molecule has 12 heteroatoms. The molecule has 3 N–H and O–H groups in total. The second kappa shape index (κ2) is 8.15. The topological polar surface area (TPSA) is 112 Å². The number of fused-ring (bicyclic) bond motifs is 3. The quantitative estimate of drug-likeness (QED) is 0.366. The van der Waals surface area contributed by atoms with Crippen LogP contribution in [0.1, 0.15) is 34.5 Å². The molecule has 1 aliphatic rings. The van der Waals surface area contributed by atoms with E-state index in [2.05, 4.69) is 25.4 Å². The van der Waals surface area contributed by atoms with Crippen LogP contribution >= 0.6 is 0 Å². The molecule has 0 spiro atoms. The fraction of sp³-hybridized carbons (Fsp3) is 0.174. The number of anilines is 1. The van der Waals surface area contributed by atoms with E-state index in [-0.39, 0.29) is 11.5 Å². The van der Waals surface area contributed by atoms with Gasteiger partial charge in [-0.15, -0.1) is 0 Å². The molecule has 8 nitrogen and oxygen atoms in total. The monoisotopic (exact) mass is 483 g/mol. The molecular formula is C23H17F4N7O. The maximum absolute atomic E-state index is 14.6. The first-order chi connectivity index (χ1) is 16.7. The highest BCUT2D eigenvalue weighted by molar-refractivity contribution is 5.92. The summed E-state index contributed by atoms with van der Waals surface area (Å²) in [6.45, 7) is 2.43. The molecule has 5 rings (SSSR count). The number of pyridine rings is 1. The second-order valence-corrected chi connectivity index (χ2v) is 7.83. The molecule has 0 unspecified atom stereocenters. The number of rotatable bonds is 5. The molecular weight excluding hydrogens is 466 g/mol. The summed E-state index contributed by atoms with van der Waals surface area (Å²) < 4.78 is 55.7. The van der Waals surface area contributed by atoms with Crippen molar-refractivity contribution in [1.82, 2.24) is 24.7 Å². The molecule has 0 saturated carbocycles. The van der Waals surface area contributed by atoms with Crippen LogP contribution in [0.3, 0.4) is 0 Å². The van der Waals surface area contributed by atoms with Crippen molar-refractivity contribution >= 4 is 11.6 Å². The number of nitrogens with zero attached hydrogens (tertiary/aromatic N) is 5. The van der Waals surface area contributed by atoms with Crippen molar-refractivity contribution in [3.8, 4) is 27.9 Å². The molecule has 178 valence electrons. The molecule has 1 amide bonds. The Morgan fingerprint density at radius 1 is 1.14 bits per heavy atom. The van der Waals surface area contributed by atoms with E-state index in [0.717, 1.165) is 16.3 Å². The zero-order valence-electron chi connectivity index (χ0n) is 18.2. The van der Waals surface area contributed by atoms with Crippen molar-refractivity contribution in [1.29, 1.82) is 0 Å². The molecule has 3 aromatic heterocycles. The zero-order chi connectivity index (χ0) is 24.9. The number of halogens is 4. The lowest BCUT2D eigenvalue weighted by atomic mass is 9.99. The van der Waals surface area contributed by atoms with Gasteiger partial charge in [-0.3, -0.25) is 9.78 Å². The van der Waals surface area contributed by atoms with E-state index in [0.29, 0.717) is 46.6 Å². The molecule has 3 heterocycles. The molecule has 0 saturated heterocycles. The number of carbonyl (C=O) groups is 1. The summed E-state index contributed by atoms with van der Waals surface area (Å²) in [7, 11) is 0. The van der Waals surface area contributed by atoms with Gasteiger partial charge in [0, 0.05) is 60.1 Å².